The van der Waals surface area contributed by atoms with E-state index in [1.807, 2.05) is 6.92 Å². The highest BCUT2D eigenvalue weighted by Crippen LogP contribution is 2.27. The van der Waals surface area contributed by atoms with Crippen molar-refractivity contribution < 1.29 is 5.11 Å². The van der Waals surface area contributed by atoms with E-state index in [9.17, 15) is 5.11 Å². The minimum absolute atomic E-state index is 0.570. The maximum atomic E-state index is 10.5. The van der Waals surface area contributed by atoms with Crippen LogP contribution in [0.1, 0.15) is 47.7 Å². The van der Waals surface area contributed by atoms with Gasteiger partial charge in [-0.15, -0.1) is 11.3 Å². The van der Waals surface area contributed by atoms with Crippen LogP contribution in [-0.2, 0) is 6.42 Å². The highest BCUT2D eigenvalue weighted by molar-refractivity contribution is 7.11. The summed E-state index contributed by atoms with van der Waals surface area (Å²) in [5, 5.41) is 18.2. The van der Waals surface area contributed by atoms with Crippen LogP contribution in [0.5, 0.6) is 0 Å². The molecule has 22 heavy (non-hydrogen) atoms. The van der Waals surface area contributed by atoms with Gasteiger partial charge in [0.25, 0.3) is 0 Å². The Labute approximate surface area is 137 Å². The molecule has 1 saturated carbocycles. The quantitative estimate of drug-likeness (QED) is 0.573. The molecule has 0 atom stereocenters. The zero-order valence-electron chi connectivity index (χ0n) is 13.9. The van der Waals surface area contributed by atoms with Gasteiger partial charge in [-0.2, -0.15) is 0 Å². The number of aliphatic hydroxyl groups is 1. The Morgan fingerprint density at radius 3 is 2.59 bits per heavy atom. The molecule has 2 rings (SSSR count). The van der Waals surface area contributed by atoms with Gasteiger partial charge in [0.1, 0.15) is 0 Å². The van der Waals surface area contributed by atoms with Crippen LogP contribution in [0.3, 0.4) is 0 Å². The summed E-state index contributed by atoms with van der Waals surface area (Å²) in [5.41, 5.74) is 0.557. The summed E-state index contributed by atoms with van der Waals surface area (Å²) in [4.78, 5) is 10.1. The van der Waals surface area contributed by atoms with Crippen LogP contribution in [-0.4, -0.2) is 41.8 Å². The number of thiazole rings is 1. The largest absolute Gasteiger partial charge is 0.388 e. The van der Waals surface area contributed by atoms with Gasteiger partial charge >= 0.3 is 0 Å². The molecular formula is C16H28N4OS. The lowest BCUT2D eigenvalue weighted by Crippen LogP contribution is -2.48. The van der Waals surface area contributed by atoms with Gasteiger partial charge in [-0.25, -0.2) is 4.98 Å². The third-order valence-corrected chi connectivity index (χ3v) is 5.43. The van der Waals surface area contributed by atoms with Crippen molar-refractivity contribution in [1.82, 2.24) is 15.6 Å². The second-order valence-electron chi connectivity index (χ2n) is 6.14. The Kier molecular flexibility index (Phi) is 6.20. The van der Waals surface area contributed by atoms with Gasteiger partial charge in [0.15, 0.2) is 5.96 Å². The third-order valence-electron chi connectivity index (χ3n) is 4.30. The maximum Gasteiger partial charge on any atom is 0.191 e. The van der Waals surface area contributed by atoms with E-state index in [1.165, 1.54) is 11.3 Å². The number of hydrogen-bond acceptors (Lipinski definition) is 4. The number of guanidine groups is 1. The van der Waals surface area contributed by atoms with Gasteiger partial charge in [0.2, 0.25) is 0 Å². The fourth-order valence-corrected chi connectivity index (χ4v) is 3.72. The van der Waals surface area contributed by atoms with Crippen molar-refractivity contribution in [2.24, 2.45) is 4.99 Å². The molecule has 0 amide bonds. The lowest BCUT2D eigenvalue weighted by Gasteiger charge is -2.32. The van der Waals surface area contributed by atoms with Crippen molar-refractivity contribution >= 4 is 17.3 Å². The van der Waals surface area contributed by atoms with Crippen molar-refractivity contribution in [3.8, 4) is 0 Å². The minimum atomic E-state index is -0.570. The molecule has 0 saturated heterocycles. The predicted octanol–water partition coefficient (Wildman–Crippen LogP) is 2.16. The molecule has 1 aliphatic rings. The predicted molar refractivity (Wildman–Crippen MR) is 92.7 cm³/mol. The smallest absolute Gasteiger partial charge is 0.191 e. The van der Waals surface area contributed by atoms with Gasteiger partial charge in [-0.1, -0.05) is 19.3 Å². The Bertz CT molecular complexity index is 487. The van der Waals surface area contributed by atoms with E-state index in [2.05, 4.69) is 27.5 Å². The average molecular weight is 324 g/mol. The highest BCUT2D eigenvalue weighted by Gasteiger charge is 2.29. The maximum absolute atomic E-state index is 10.5. The van der Waals surface area contributed by atoms with Gasteiger partial charge in [-0.3, -0.25) is 4.99 Å². The van der Waals surface area contributed by atoms with Crippen LogP contribution in [0.4, 0.5) is 0 Å². The molecule has 0 aliphatic heterocycles. The molecular weight excluding hydrogens is 296 g/mol. The summed E-state index contributed by atoms with van der Waals surface area (Å²) in [6.07, 6.45) is 6.13. The lowest BCUT2D eigenvalue weighted by molar-refractivity contribution is 0.00859. The lowest BCUT2D eigenvalue weighted by atomic mass is 9.85. The first-order valence-corrected chi connectivity index (χ1v) is 8.94. The Hall–Kier alpha value is -1.14. The van der Waals surface area contributed by atoms with Crippen LogP contribution in [0.2, 0.25) is 0 Å². The first-order chi connectivity index (χ1) is 10.5. The zero-order chi connectivity index (χ0) is 16.0. The van der Waals surface area contributed by atoms with Crippen LogP contribution >= 0.6 is 11.3 Å². The number of aryl methyl sites for hydroxylation is 2. The molecule has 1 heterocycles. The van der Waals surface area contributed by atoms with Crippen LogP contribution in [0.15, 0.2) is 4.99 Å². The van der Waals surface area contributed by atoms with E-state index < -0.39 is 5.60 Å². The molecule has 124 valence electrons. The zero-order valence-corrected chi connectivity index (χ0v) is 14.7. The van der Waals surface area contributed by atoms with Crippen molar-refractivity contribution in [1.29, 1.82) is 0 Å². The van der Waals surface area contributed by atoms with Crippen molar-refractivity contribution in [2.45, 2.75) is 58.0 Å². The van der Waals surface area contributed by atoms with Gasteiger partial charge in [-0.05, 0) is 26.7 Å². The summed E-state index contributed by atoms with van der Waals surface area (Å²) >= 11 is 1.76. The Morgan fingerprint density at radius 2 is 2.00 bits per heavy atom. The molecule has 1 aliphatic carbocycles. The van der Waals surface area contributed by atoms with Crippen molar-refractivity contribution in [3.63, 3.8) is 0 Å². The molecule has 3 N–H and O–H groups in total. The Balaban J connectivity index is 1.73. The number of aromatic nitrogens is 1. The molecule has 6 heteroatoms. The van der Waals surface area contributed by atoms with Crippen LogP contribution in [0.25, 0.3) is 0 Å². The monoisotopic (exact) mass is 324 g/mol. The summed E-state index contributed by atoms with van der Waals surface area (Å²) < 4.78 is 0. The van der Waals surface area contributed by atoms with Gasteiger partial charge < -0.3 is 15.7 Å². The summed E-state index contributed by atoms with van der Waals surface area (Å²) in [6, 6.07) is 0. The molecule has 0 radical (unpaired) electrons. The third kappa shape index (κ3) is 4.95. The standard InChI is InChI=1S/C16H28N4OS/c1-12-13(2)22-14(20-12)7-10-18-15(17-3)19-11-16(21)8-5-4-6-9-16/h21H,4-11H2,1-3H3,(H2,17,18,19). The highest BCUT2D eigenvalue weighted by atomic mass is 32.1. The molecule has 0 aromatic carbocycles. The first kappa shape index (κ1) is 17.2. The van der Waals surface area contributed by atoms with E-state index in [4.69, 9.17) is 0 Å². The molecule has 5 nitrogen and oxygen atoms in total. The summed E-state index contributed by atoms with van der Waals surface area (Å²) in [5.74, 6) is 0.754. The average Bonchev–Trinajstić information content (AvgIpc) is 2.82. The molecule has 1 aromatic heterocycles. The summed E-state index contributed by atoms with van der Waals surface area (Å²) in [7, 11) is 1.76. The Morgan fingerprint density at radius 1 is 1.27 bits per heavy atom. The van der Waals surface area contributed by atoms with Gasteiger partial charge in [0.05, 0.1) is 16.3 Å². The fourth-order valence-electron chi connectivity index (χ4n) is 2.79. The molecule has 0 unspecified atom stereocenters. The van der Waals surface area contributed by atoms with Crippen LogP contribution < -0.4 is 10.6 Å². The van der Waals surface area contributed by atoms with E-state index in [1.54, 1.807) is 18.4 Å². The molecule has 0 bridgehead atoms. The normalized spacial score (nSPS) is 18.3. The number of hydrogen-bond donors (Lipinski definition) is 3. The fraction of sp³-hybridized carbons (Fsp3) is 0.750. The van der Waals surface area contributed by atoms with Crippen molar-refractivity contribution in [2.75, 3.05) is 20.1 Å². The van der Waals surface area contributed by atoms with E-state index in [0.717, 1.165) is 55.3 Å². The number of nitrogens with one attached hydrogen (secondary N) is 2. The van der Waals surface area contributed by atoms with Gasteiger partial charge in [0, 0.05) is 31.4 Å². The number of rotatable bonds is 5. The second-order valence-corrected chi connectivity index (χ2v) is 7.42. The molecule has 0 spiro atoms. The van der Waals surface area contributed by atoms with E-state index in [0.29, 0.717) is 6.54 Å². The van der Waals surface area contributed by atoms with E-state index >= 15 is 0 Å². The second kappa shape index (κ2) is 7.92. The molecule has 1 fully saturated rings. The van der Waals surface area contributed by atoms with Crippen LogP contribution in [0, 0.1) is 13.8 Å². The number of aliphatic imine (C=N–C) groups is 1. The number of nitrogens with zero attached hydrogens (tertiary/aromatic N) is 2. The summed E-state index contributed by atoms with van der Waals surface area (Å²) in [6.45, 7) is 5.52. The SMILES string of the molecule is CN=C(NCCc1nc(C)c(C)s1)NCC1(O)CCCCC1. The van der Waals surface area contributed by atoms with Crippen molar-refractivity contribution in [3.05, 3.63) is 15.6 Å². The topological polar surface area (TPSA) is 69.5 Å². The minimum Gasteiger partial charge on any atom is -0.388 e. The first-order valence-electron chi connectivity index (χ1n) is 8.12. The van der Waals surface area contributed by atoms with E-state index in [-0.39, 0.29) is 0 Å². The molecule has 1 aromatic rings.